The number of carbonyl (C=O) groups is 1. The fraction of sp³-hybridized carbons (Fsp3) is 0.393. The Kier molecular flexibility index (Phi) is 7.59. The molecule has 2 aromatic carbocycles. The van der Waals surface area contributed by atoms with Gasteiger partial charge in [0.2, 0.25) is 0 Å². The number of piperidine rings is 1. The molecular weight excluding hydrogens is 444 g/mol. The van der Waals surface area contributed by atoms with Crippen LogP contribution in [-0.4, -0.2) is 38.1 Å². The normalized spacial score (nSPS) is 15.7. The topological polar surface area (TPSA) is 50.8 Å². The van der Waals surface area contributed by atoms with Crippen molar-refractivity contribution in [1.29, 1.82) is 0 Å². The molecule has 0 saturated carbocycles. The van der Waals surface area contributed by atoms with E-state index in [1.54, 1.807) is 25.6 Å². The molecule has 1 N–H and O–H groups in total. The average Bonchev–Trinajstić information content (AvgIpc) is 3.13. The molecule has 1 unspecified atom stereocenters. The van der Waals surface area contributed by atoms with Crippen LogP contribution >= 0.6 is 11.3 Å². The lowest BCUT2D eigenvalue weighted by Crippen LogP contribution is -2.37. The van der Waals surface area contributed by atoms with E-state index in [4.69, 9.17) is 9.47 Å². The molecule has 1 aliphatic heterocycles. The largest absolute Gasteiger partial charge is 0.493 e. The van der Waals surface area contributed by atoms with Crippen LogP contribution in [0.1, 0.15) is 57.7 Å². The van der Waals surface area contributed by atoms with Crippen molar-refractivity contribution in [3.05, 3.63) is 75.7 Å². The molecule has 0 bridgehead atoms. The number of carbonyl (C=O) groups excluding carboxylic acids is 1. The van der Waals surface area contributed by atoms with Gasteiger partial charge in [-0.25, -0.2) is 0 Å². The Hall–Kier alpha value is -2.83. The van der Waals surface area contributed by atoms with Crippen molar-refractivity contribution in [3.63, 3.8) is 0 Å². The Bertz CT molecular complexity index is 1130. The van der Waals surface area contributed by atoms with Gasteiger partial charge in [0.25, 0.3) is 5.91 Å². The zero-order chi connectivity index (χ0) is 24.2. The zero-order valence-electron chi connectivity index (χ0n) is 20.7. The van der Waals surface area contributed by atoms with Crippen LogP contribution in [0.5, 0.6) is 11.5 Å². The van der Waals surface area contributed by atoms with Crippen LogP contribution in [0.15, 0.2) is 48.5 Å². The van der Waals surface area contributed by atoms with E-state index in [9.17, 15) is 4.79 Å². The molecule has 1 atom stereocenters. The van der Waals surface area contributed by atoms with Crippen molar-refractivity contribution >= 4 is 22.2 Å². The number of benzene rings is 2. The number of hydrogen-bond acceptors (Lipinski definition) is 5. The van der Waals surface area contributed by atoms with Crippen molar-refractivity contribution < 1.29 is 14.3 Å². The van der Waals surface area contributed by atoms with Gasteiger partial charge in [-0.05, 0) is 81.1 Å². The minimum Gasteiger partial charge on any atom is -0.493 e. The molecule has 1 aromatic heterocycles. The summed E-state index contributed by atoms with van der Waals surface area (Å²) < 4.78 is 11.1. The number of ether oxygens (including phenoxy) is 2. The summed E-state index contributed by atoms with van der Waals surface area (Å²) in [6.07, 6.45) is 2.33. The van der Waals surface area contributed by atoms with E-state index >= 15 is 0 Å². The van der Waals surface area contributed by atoms with E-state index in [-0.39, 0.29) is 11.9 Å². The van der Waals surface area contributed by atoms with Crippen LogP contribution in [0, 0.1) is 19.8 Å². The predicted octanol–water partition coefficient (Wildman–Crippen LogP) is 6.46. The second-order valence-electron chi connectivity index (χ2n) is 9.08. The van der Waals surface area contributed by atoms with E-state index in [1.807, 2.05) is 36.4 Å². The molecule has 5 nitrogen and oxygen atoms in total. The summed E-state index contributed by atoms with van der Waals surface area (Å²) >= 11 is 1.65. The van der Waals surface area contributed by atoms with Crippen molar-refractivity contribution in [2.75, 3.05) is 32.6 Å². The van der Waals surface area contributed by atoms with Gasteiger partial charge in [0.05, 0.1) is 20.3 Å². The molecule has 3 aromatic rings. The van der Waals surface area contributed by atoms with Gasteiger partial charge in [-0.1, -0.05) is 31.2 Å². The summed E-state index contributed by atoms with van der Waals surface area (Å²) in [4.78, 5) is 16.9. The van der Waals surface area contributed by atoms with Gasteiger partial charge in [0.15, 0.2) is 11.5 Å². The number of likely N-dealkylation sites (tertiary alicyclic amines) is 1. The third-order valence-corrected chi connectivity index (χ3v) is 8.01. The molecule has 0 aliphatic carbocycles. The highest BCUT2D eigenvalue weighted by molar-refractivity contribution is 7.16. The smallest absolute Gasteiger partial charge is 0.256 e. The van der Waals surface area contributed by atoms with Crippen LogP contribution in [0.3, 0.4) is 0 Å². The number of hydrogen-bond donors (Lipinski definition) is 1. The first-order valence-electron chi connectivity index (χ1n) is 11.8. The third-order valence-electron chi connectivity index (χ3n) is 6.88. The highest BCUT2D eigenvalue weighted by Crippen LogP contribution is 2.45. The molecule has 0 radical (unpaired) electrons. The molecule has 34 heavy (non-hydrogen) atoms. The minimum atomic E-state index is -0.0820. The Balaban J connectivity index is 1.79. The lowest BCUT2D eigenvalue weighted by molar-refractivity contribution is 0.102. The quantitative estimate of drug-likeness (QED) is 0.424. The fourth-order valence-electron chi connectivity index (χ4n) is 4.70. The van der Waals surface area contributed by atoms with Gasteiger partial charge in [0, 0.05) is 16.0 Å². The second kappa shape index (κ2) is 10.6. The molecule has 1 amide bonds. The molecule has 1 fully saturated rings. The number of aryl methyl sites for hydroxylation is 1. The number of amides is 1. The zero-order valence-corrected chi connectivity index (χ0v) is 21.5. The van der Waals surface area contributed by atoms with E-state index < -0.39 is 0 Å². The van der Waals surface area contributed by atoms with E-state index in [1.165, 1.54) is 16.0 Å². The van der Waals surface area contributed by atoms with E-state index in [0.717, 1.165) is 48.2 Å². The predicted molar refractivity (Wildman–Crippen MR) is 140 cm³/mol. The Labute approximate surface area is 206 Å². The second-order valence-corrected chi connectivity index (χ2v) is 10.3. The number of nitrogens with one attached hydrogen (secondary N) is 1. The summed E-state index contributed by atoms with van der Waals surface area (Å²) in [6.45, 7) is 8.65. The highest BCUT2D eigenvalue weighted by Gasteiger charge is 2.32. The Morgan fingerprint density at radius 3 is 2.35 bits per heavy atom. The van der Waals surface area contributed by atoms with Gasteiger partial charge in [-0.2, -0.15) is 0 Å². The lowest BCUT2D eigenvalue weighted by Gasteiger charge is -2.38. The van der Waals surface area contributed by atoms with Crippen molar-refractivity contribution in [2.24, 2.45) is 5.92 Å². The Morgan fingerprint density at radius 1 is 1.03 bits per heavy atom. The SMILES string of the molecule is COc1ccc(C(c2c(NC(=O)c3ccccc3)sc(C)c2C)N2CCC(C)CC2)cc1OC. The van der Waals surface area contributed by atoms with E-state index in [2.05, 4.69) is 43.1 Å². The molecule has 4 rings (SSSR count). The van der Waals surface area contributed by atoms with Crippen LogP contribution in [0.25, 0.3) is 0 Å². The maximum absolute atomic E-state index is 13.1. The highest BCUT2D eigenvalue weighted by atomic mass is 32.1. The number of anilines is 1. The summed E-state index contributed by atoms with van der Waals surface area (Å²) in [7, 11) is 3.33. The van der Waals surface area contributed by atoms with Crippen LogP contribution in [0.2, 0.25) is 0 Å². The molecule has 2 heterocycles. The van der Waals surface area contributed by atoms with Gasteiger partial charge in [-0.15, -0.1) is 11.3 Å². The monoisotopic (exact) mass is 478 g/mol. The third kappa shape index (κ3) is 4.98. The summed E-state index contributed by atoms with van der Waals surface area (Å²) in [6, 6.07) is 15.6. The maximum Gasteiger partial charge on any atom is 0.256 e. The molecule has 1 aliphatic rings. The molecular formula is C28H34N2O3S. The first kappa shape index (κ1) is 24.3. The van der Waals surface area contributed by atoms with Gasteiger partial charge >= 0.3 is 0 Å². The number of methoxy groups -OCH3 is 2. The number of thiophene rings is 1. The van der Waals surface area contributed by atoms with Gasteiger partial charge < -0.3 is 14.8 Å². The van der Waals surface area contributed by atoms with E-state index in [0.29, 0.717) is 11.3 Å². The van der Waals surface area contributed by atoms with Gasteiger partial charge in [-0.3, -0.25) is 9.69 Å². The molecule has 1 saturated heterocycles. The van der Waals surface area contributed by atoms with Crippen molar-refractivity contribution in [3.8, 4) is 11.5 Å². The van der Waals surface area contributed by atoms with Crippen molar-refractivity contribution in [1.82, 2.24) is 4.90 Å². The lowest BCUT2D eigenvalue weighted by atomic mass is 9.90. The van der Waals surface area contributed by atoms with Crippen LogP contribution in [-0.2, 0) is 0 Å². The molecule has 180 valence electrons. The average molecular weight is 479 g/mol. The summed E-state index contributed by atoms with van der Waals surface area (Å²) in [5.41, 5.74) is 4.20. The van der Waals surface area contributed by atoms with Crippen LogP contribution in [0.4, 0.5) is 5.00 Å². The molecule has 6 heteroatoms. The summed E-state index contributed by atoms with van der Waals surface area (Å²) in [5.74, 6) is 2.08. The van der Waals surface area contributed by atoms with Gasteiger partial charge in [0.1, 0.15) is 5.00 Å². The number of nitrogens with zero attached hydrogens (tertiary/aromatic N) is 1. The standard InChI is InChI=1S/C28H34N2O3S/c1-18-13-15-30(16-14-18)26(22-11-12-23(32-4)24(17-22)33-5)25-19(2)20(3)34-28(25)29-27(31)21-9-7-6-8-10-21/h6-12,17-18,26H,13-16H2,1-5H3,(H,29,31). The Morgan fingerprint density at radius 2 is 1.71 bits per heavy atom. The minimum absolute atomic E-state index is 0.0170. The van der Waals surface area contributed by atoms with Crippen molar-refractivity contribution in [2.45, 2.75) is 39.7 Å². The van der Waals surface area contributed by atoms with Crippen LogP contribution < -0.4 is 14.8 Å². The molecule has 0 spiro atoms. The fourth-order valence-corrected chi connectivity index (χ4v) is 5.79. The first-order valence-corrected chi connectivity index (χ1v) is 12.7. The maximum atomic E-state index is 13.1. The number of rotatable bonds is 7. The summed E-state index contributed by atoms with van der Waals surface area (Å²) in [5, 5.41) is 4.15. The first-order chi connectivity index (χ1) is 16.4.